The Balaban J connectivity index is 1.69. The first-order valence-electron chi connectivity index (χ1n) is 13.1. The molecule has 8 heteroatoms. The van der Waals surface area contributed by atoms with E-state index in [1.54, 1.807) is 54.6 Å². The van der Waals surface area contributed by atoms with Gasteiger partial charge in [0.2, 0.25) is 17.7 Å². The molecule has 40 heavy (non-hydrogen) atoms. The van der Waals surface area contributed by atoms with Gasteiger partial charge in [-0.2, -0.15) is 0 Å². The molecule has 2 bridgehead atoms. The van der Waals surface area contributed by atoms with Crippen LogP contribution in [-0.2, 0) is 14.4 Å². The summed E-state index contributed by atoms with van der Waals surface area (Å²) in [6, 6.07) is 22.5. The van der Waals surface area contributed by atoms with Crippen molar-refractivity contribution in [3.05, 3.63) is 114 Å². The number of benzene rings is 3. The number of aliphatic hydroxyl groups excluding tert-OH is 1. The summed E-state index contributed by atoms with van der Waals surface area (Å²) < 4.78 is 6.24. The number of carbonyl (C=O) groups excluding carboxylic acids is 3. The van der Waals surface area contributed by atoms with Crippen molar-refractivity contribution in [2.45, 2.75) is 38.1 Å². The second-order valence-electron chi connectivity index (χ2n) is 9.81. The van der Waals surface area contributed by atoms with E-state index < -0.39 is 42.0 Å². The van der Waals surface area contributed by atoms with Crippen molar-refractivity contribution in [1.82, 2.24) is 16.0 Å². The van der Waals surface area contributed by atoms with Crippen molar-refractivity contribution in [3.63, 3.8) is 0 Å². The second kappa shape index (κ2) is 13.4. The molecular weight excluding hydrogens is 506 g/mol. The van der Waals surface area contributed by atoms with Crippen LogP contribution in [0.3, 0.4) is 0 Å². The van der Waals surface area contributed by atoms with Crippen molar-refractivity contribution in [2.75, 3.05) is 0 Å². The summed E-state index contributed by atoms with van der Waals surface area (Å²) in [5.41, 5.74) is 2.08. The molecule has 206 valence electrons. The molecule has 3 amide bonds. The fraction of sp³-hybridized carbons (Fsp3) is 0.219. The third kappa shape index (κ3) is 7.45. The zero-order chi connectivity index (χ0) is 28.5. The first-order chi connectivity index (χ1) is 19.3. The molecular formula is C32H33N3O5. The van der Waals surface area contributed by atoms with Gasteiger partial charge in [-0.15, -0.1) is 0 Å². The number of ether oxygens (including phenoxy) is 1. The molecule has 5 rings (SSSR count). The summed E-state index contributed by atoms with van der Waals surface area (Å²) in [4.78, 5) is 40.1. The van der Waals surface area contributed by atoms with Crippen molar-refractivity contribution in [2.24, 2.45) is 5.92 Å². The number of fused-ring (bicyclic) bond motifs is 10. The maximum absolute atomic E-state index is 13.8. The van der Waals surface area contributed by atoms with Crippen LogP contribution in [0.25, 0.3) is 12.2 Å². The molecule has 2 aliphatic heterocycles. The van der Waals surface area contributed by atoms with Gasteiger partial charge in [-0.25, -0.2) is 0 Å². The molecule has 0 spiro atoms. The highest BCUT2D eigenvalue weighted by molar-refractivity contribution is 5.97. The van der Waals surface area contributed by atoms with Gasteiger partial charge in [0.1, 0.15) is 30.0 Å². The van der Waals surface area contributed by atoms with E-state index in [1.807, 2.05) is 56.3 Å². The van der Waals surface area contributed by atoms with E-state index in [1.165, 1.54) is 12.3 Å². The van der Waals surface area contributed by atoms with Gasteiger partial charge in [0.15, 0.2) is 0 Å². The number of amides is 3. The third-order valence-corrected chi connectivity index (χ3v) is 6.48. The highest BCUT2D eigenvalue weighted by Crippen LogP contribution is 2.22. The molecule has 0 fully saturated rings. The van der Waals surface area contributed by atoms with E-state index in [4.69, 9.17) is 4.74 Å². The van der Waals surface area contributed by atoms with Gasteiger partial charge in [-0.1, -0.05) is 86.6 Å². The van der Waals surface area contributed by atoms with E-state index in [0.717, 1.165) is 11.1 Å². The Morgan fingerprint density at radius 2 is 1.57 bits per heavy atom. The average molecular weight is 540 g/mol. The van der Waals surface area contributed by atoms with Crippen molar-refractivity contribution in [3.8, 4) is 5.75 Å². The van der Waals surface area contributed by atoms with E-state index >= 15 is 0 Å². The van der Waals surface area contributed by atoms with Crippen LogP contribution in [0.15, 0.2) is 97.2 Å². The minimum absolute atomic E-state index is 0.215. The largest absolute Gasteiger partial charge is 0.487 e. The Labute approximate surface area is 233 Å². The van der Waals surface area contributed by atoms with Crippen LogP contribution in [0.2, 0.25) is 0 Å². The fourth-order valence-corrected chi connectivity index (χ4v) is 4.32. The molecule has 2 heterocycles. The van der Waals surface area contributed by atoms with E-state index in [2.05, 4.69) is 16.0 Å². The molecule has 2 aliphatic rings. The third-order valence-electron chi connectivity index (χ3n) is 6.48. The minimum atomic E-state index is -1.35. The highest BCUT2D eigenvalue weighted by Gasteiger charge is 2.38. The lowest BCUT2D eigenvalue weighted by Crippen LogP contribution is -2.60. The maximum Gasteiger partial charge on any atom is 0.249 e. The van der Waals surface area contributed by atoms with Gasteiger partial charge in [-0.05, 0) is 46.9 Å². The van der Waals surface area contributed by atoms with Gasteiger partial charge in [0.05, 0.1) is 0 Å². The summed E-state index contributed by atoms with van der Waals surface area (Å²) >= 11 is 0. The predicted molar refractivity (Wildman–Crippen MR) is 154 cm³/mol. The standard InChI is InChI=1S/C32H33N3O5/c1-21(2)30-28(34-26(36)18-15-22-9-5-3-6-10-22)32(39)35-27(29(37)24-11-7-4-8-12-24)31(38)33-20-19-23-13-16-25(40-30)17-14-23/h3-21,27-30,37H,1-2H3,(H,33,38)(H,34,36)(H,35,39). The molecule has 0 aromatic heterocycles. The highest BCUT2D eigenvalue weighted by atomic mass is 16.5. The van der Waals surface area contributed by atoms with Crippen molar-refractivity contribution >= 4 is 29.9 Å². The van der Waals surface area contributed by atoms with Crippen LogP contribution in [0, 0.1) is 5.92 Å². The van der Waals surface area contributed by atoms with Crippen molar-refractivity contribution < 1.29 is 24.2 Å². The molecule has 8 nitrogen and oxygen atoms in total. The van der Waals surface area contributed by atoms with E-state index in [9.17, 15) is 19.5 Å². The lowest BCUT2D eigenvalue weighted by molar-refractivity contribution is -0.135. The zero-order valence-electron chi connectivity index (χ0n) is 22.4. The number of aliphatic hydroxyl groups is 1. The van der Waals surface area contributed by atoms with Crippen LogP contribution in [-0.4, -0.2) is 41.0 Å². The van der Waals surface area contributed by atoms with Gasteiger partial charge in [0, 0.05) is 12.3 Å². The van der Waals surface area contributed by atoms with Crippen LogP contribution in [0.4, 0.5) is 0 Å². The van der Waals surface area contributed by atoms with Gasteiger partial charge >= 0.3 is 0 Å². The summed E-state index contributed by atoms with van der Waals surface area (Å²) in [5, 5.41) is 19.2. The molecule has 0 aliphatic carbocycles. The van der Waals surface area contributed by atoms with Crippen LogP contribution in [0.5, 0.6) is 5.75 Å². The molecule has 0 saturated heterocycles. The normalized spacial score (nSPS) is 20.4. The molecule has 0 radical (unpaired) electrons. The summed E-state index contributed by atoms with van der Waals surface area (Å²) in [6.45, 7) is 3.75. The Bertz CT molecular complexity index is 1350. The SMILES string of the molecule is CC(C)C1Oc2ccc(cc2)C=CNC(=O)C(C(O)c2ccccc2)NC(=O)C1NC(=O)C=Cc1ccccc1. The number of nitrogens with one attached hydrogen (secondary N) is 3. The molecule has 4 N–H and O–H groups in total. The van der Waals surface area contributed by atoms with Crippen LogP contribution in [0.1, 0.15) is 36.6 Å². The molecule has 4 atom stereocenters. The Morgan fingerprint density at radius 3 is 2.23 bits per heavy atom. The number of rotatable bonds is 6. The van der Waals surface area contributed by atoms with Gasteiger partial charge in [0.25, 0.3) is 0 Å². The molecule has 0 saturated carbocycles. The lowest BCUT2D eigenvalue weighted by atomic mass is 9.96. The van der Waals surface area contributed by atoms with E-state index in [-0.39, 0.29) is 5.92 Å². The Morgan fingerprint density at radius 1 is 0.925 bits per heavy atom. The van der Waals surface area contributed by atoms with Gasteiger partial charge < -0.3 is 25.8 Å². The monoisotopic (exact) mass is 539 g/mol. The molecule has 3 aromatic rings. The van der Waals surface area contributed by atoms with Crippen molar-refractivity contribution in [1.29, 1.82) is 0 Å². The number of carbonyl (C=O) groups is 3. The quantitative estimate of drug-likeness (QED) is 0.357. The van der Waals surface area contributed by atoms with Crippen LogP contribution >= 0.6 is 0 Å². The fourth-order valence-electron chi connectivity index (χ4n) is 4.32. The predicted octanol–water partition coefficient (Wildman–Crippen LogP) is 3.61. The maximum atomic E-state index is 13.8. The van der Waals surface area contributed by atoms with Gasteiger partial charge in [-0.3, -0.25) is 14.4 Å². The number of hydrogen-bond donors (Lipinski definition) is 4. The molecule has 4 unspecified atom stereocenters. The first kappa shape index (κ1) is 28.3. The molecule has 3 aromatic carbocycles. The Hall–Kier alpha value is -4.69. The summed E-state index contributed by atoms with van der Waals surface area (Å²) in [5.74, 6) is -1.50. The zero-order valence-corrected chi connectivity index (χ0v) is 22.4. The van der Waals surface area contributed by atoms with Crippen LogP contribution < -0.4 is 20.7 Å². The minimum Gasteiger partial charge on any atom is -0.487 e. The first-order valence-corrected chi connectivity index (χ1v) is 13.1. The summed E-state index contributed by atoms with van der Waals surface area (Å²) in [6.07, 6.45) is 3.98. The Kier molecular flexibility index (Phi) is 9.48. The van der Waals surface area contributed by atoms with E-state index in [0.29, 0.717) is 11.3 Å². The lowest BCUT2D eigenvalue weighted by Gasteiger charge is -2.32. The second-order valence-corrected chi connectivity index (χ2v) is 9.81. The smallest absolute Gasteiger partial charge is 0.249 e. The number of hydrogen-bond acceptors (Lipinski definition) is 5. The topological polar surface area (TPSA) is 117 Å². The average Bonchev–Trinajstić information content (AvgIpc) is 2.97. The summed E-state index contributed by atoms with van der Waals surface area (Å²) in [7, 11) is 0.